The summed E-state index contributed by atoms with van der Waals surface area (Å²) in [6.07, 6.45) is -0.267. The molecule has 1 unspecified atom stereocenters. The fourth-order valence-corrected chi connectivity index (χ4v) is 3.15. The van der Waals surface area contributed by atoms with Crippen molar-refractivity contribution >= 4 is 50.7 Å². The molecule has 0 saturated heterocycles. The minimum atomic E-state index is -0.673. The predicted octanol–water partition coefficient (Wildman–Crippen LogP) is 5.69. The summed E-state index contributed by atoms with van der Waals surface area (Å²) in [5.74, 6) is 0. The van der Waals surface area contributed by atoms with Gasteiger partial charge in [0.05, 0.1) is 6.10 Å². The Morgan fingerprint density at radius 2 is 1.74 bits per heavy atom. The highest BCUT2D eigenvalue weighted by Gasteiger charge is 2.12. The molecule has 2 rings (SSSR count). The molecule has 0 aromatic heterocycles. The third-order valence-electron chi connectivity index (χ3n) is 2.70. The second-order valence-electron chi connectivity index (χ2n) is 4.16. The lowest BCUT2D eigenvalue weighted by Crippen LogP contribution is -2.02. The summed E-state index contributed by atoms with van der Waals surface area (Å²) in [7, 11) is 0. The summed E-state index contributed by atoms with van der Waals surface area (Å²) in [6, 6.07) is 10.6. The third-order valence-corrected chi connectivity index (χ3v) is 3.96. The molecule has 0 aliphatic carbocycles. The Morgan fingerprint density at radius 1 is 1.00 bits per heavy atom. The van der Waals surface area contributed by atoms with E-state index >= 15 is 0 Å². The van der Waals surface area contributed by atoms with Gasteiger partial charge in [-0.3, -0.25) is 0 Å². The Morgan fingerprint density at radius 3 is 2.37 bits per heavy atom. The quantitative estimate of drug-likeness (QED) is 0.726. The molecule has 0 amide bonds. The Hall–Kier alpha value is -0.250. The maximum atomic E-state index is 10.2. The molecule has 0 fully saturated rings. The first kappa shape index (κ1) is 15.1. The van der Waals surface area contributed by atoms with Crippen LogP contribution >= 0.6 is 50.7 Å². The van der Waals surface area contributed by atoms with Crippen LogP contribution in [-0.4, -0.2) is 5.11 Å². The Balaban J connectivity index is 2.22. The summed E-state index contributed by atoms with van der Waals surface area (Å²) >= 11 is 21.3. The number of aliphatic hydroxyl groups excluding tert-OH is 1. The minimum absolute atomic E-state index is 0.406. The second-order valence-corrected chi connectivity index (χ2v) is 6.35. The fraction of sp³-hybridized carbons (Fsp3) is 0.143. The van der Waals surface area contributed by atoms with Crippen molar-refractivity contribution in [1.29, 1.82) is 0 Å². The molecule has 0 aliphatic rings. The van der Waals surface area contributed by atoms with Crippen molar-refractivity contribution in [3.05, 3.63) is 67.1 Å². The van der Waals surface area contributed by atoms with Crippen LogP contribution in [0.4, 0.5) is 0 Å². The van der Waals surface area contributed by atoms with Crippen LogP contribution in [-0.2, 0) is 6.42 Å². The van der Waals surface area contributed by atoms with Gasteiger partial charge in [-0.1, -0.05) is 56.8 Å². The molecule has 0 spiro atoms. The van der Waals surface area contributed by atoms with E-state index in [0.29, 0.717) is 21.5 Å². The van der Waals surface area contributed by atoms with Gasteiger partial charge in [0.2, 0.25) is 0 Å². The van der Waals surface area contributed by atoms with Crippen LogP contribution in [0.3, 0.4) is 0 Å². The average molecular weight is 380 g/mol. The Kier molecular flexibility index (Phi) is 5.15. The number of rotatable bonds is 3. The van der Waals surface area contributed by atoms with Crippen molar-refractivity contribution in [2.24, 2.45) is 0 Å². The zero-order valence-electron chi connectivity index (χ0n) is 9.71. The van der Waals surface area contributed by atoms with Crippen molar-refractivity contribution in [2.45, 2.75) is 12.5 Å². The smallest absolute Gasteiger partial charge is 0.0831 e. The number of aliphatic hydroxyl groups is 1. The summed E-state index contributed by atoms with van der Waals surface area (Å²) < 4.78 is 0.830. The van der Waals surface area contributed by atoms with Crippen LogP contribution in [0.25, 0.3) is 0 Å². The summed E-state index contributed by atoms with van der Waals surface area (Å²) in [4.78, 5) is 0. The minimum Gasteiger partial charge on any atom is -0.388 e. The Labute approximate surface area is 135 Å². The van der Waals surface area contributed by atoms with E-state index in [1.54, 1.807) is 24.3 Å². The molecule has 5 heteroatoms. The lowest BCUT2D eigenvalue weighted by Gasteiger charge is -2.13. The monoisotopic (exact) mass is 378 g/mol. The first-order valence-corrected chi connectivity index (χ1v) is 7.46. The highest BCUT2D eigenvalue weighted by atomic mass is 79.9. The van der Waals surface area contributed by atoms with E-state index < -0.39 is 6.10 Å². The largest absolute Gasteiger partial charge is 0.388 e. The Bertz CT molecular complexity index is 581. The molecule has 19 heavy (non-hydrogen) atoms. The van der Waals surface area contributed by atoms with Gasteiger partial charge in [-0.2, -0.15) is 0 Å². The fourth-order valence-electron chi connectivity index (χ4n) is 1.78. The average Bonchev–Trinajstić information content (AvgIpc) is 2.31. The van der Waals surface area contributed by atoms with E-state index in [2.05, 4.69) is 15.9 Å². The molecule has 0 heterocycles. The molecule has 2 aromatic carbocycles. The van der Waals surface area contributed by atoms with E-state index in [-0.39, 0.29) is 0 Å². The van der Waals surface area contributed by atoms with Gasteiger partial charge in [-0.15, -0.1) is 0 Å². The van der Waals surface area contributed by atoms with E-state index in [4.69, 9.17) is 34.8 Å². The van der Waals surface area contributed by atoms with Crippen LogP contribution in [0.1, 0.15) is 17.2 Å². The molecular weight excluding hydrogens is 370 g/mol. The molecule has 0 radical (unpaired) electrons. The van der Waals surface area contributed by atoms with Crippen LogP contribution in [0, 0.1) is 0 Å². The lowest BCUT2D eigenvalue weighted by molar-refractivity contribution is 0.178. The van der Waals surface area contributed by atoms with Crippen LogP contribution in [0.2, 0.25) is 15.1 Å². The molecule has 0 bridgehead atoms. The van der Waals surface area contributed by atoms with Crippen molar-refractivity contribution in [3.63, 3.8) is 0 Å². The first-order chi connectivity index (χ1) is 8.95. The van der Waals surface area contributed by atoms with Gasteiger partial charge in [0.1, 0.15) is 0 Å². The van der Waals surface area contributed by atoms with Gasteiger partial charge in [0.15, 0.2) is 0 Å². The summed E-state index contributed by atoms with van der Waals surface area (Å²) in [6.45, 7) is 0. The van der Waals surface area contributed by atoms with Crippen molar-refractivity contribution in [3.8, 4) is 0 Å². The van der Waals surface area contributed by atoms with Gasteiger partial charge in [0.25, 0.3) is 0 Å². The molecule has 0 saturated carbocycles. The summed E-state index contributed by atoms with van der Waals surface area (Å²) in [5.41, 5.74) is 1.58. The zero-order valence-corrected chi connectivity index (χ0v) is 13.6. The van der Waals surface area contributed by atoms with E-state index in [1.165, 1.54) is 0 Å². The van der Waals surface area contributed by atoms with Crippen LogP contribution < -0.4 is 0 Å². The van der Waals surface area contributed by atoms with Crippen LogP contribution in [0.5, 0.6) is 0 Å². The second kappa shape index (κ2) is 6.47. The first-order valence-electron chi connectivity index (χ1n) is 5.53. The molecular formula is C14H10BrCl3O. The SMILES string of the molecule is OC(Cc1ccc(Cl)cc1Cl)c1cc(Cl)cc(Br)c1. The van der Waals surface area contributed by atoms with E-state index in [9.17, 15) is 5.11 Å². The van der Waals surface area contributed by atoms with Gasteiger partial charge in [0, 0.05) is 26.0 Å². The molecule has 2 aromatic rings. The standard InChI is InChI=1S/C14H10BrCl3O/c15-10-3-9(4-12(17)6-10)14(19)5-8-1-2-11(16)7-13(8)18/h1-4,6-7,14,19H,5H2. The molecule has 1 N–H and O–H groups in total. The number of halogens is 4. The van der Waals surface area contributed by atoms with Gasteiger partial charge < -0.3 is 5.11 Å². The van der Waals surface area contributed by atoms with Gasteiger partial charge in [-0.25, -0.2) is 0 Å². The van der Waals surface area contributed by atoms with Gasteiger partial charge in [-0.05, 0) is 41.5 Å². The topological polar surface area (TPSA) is 20.2 Å². The maximum absolute atomic E-state index is 10.2. The number of hydrogen-bond acceptors (Lipinski definition) is 1. The van der Waals surface area contributed by atoms with Crippen molar-refractivity contribution in [1.82, 2.24) is 0 Å². The zero-order chi connectivity index (χ0) is 14.0. The predicted molar refractivity (Wildman–Crippen MR) is 84.3 cm³/mol. The van der Waals surface area contributed by atoms with Crippen LogP contribution in [0.15, 0.2) is 40.9 Å². The van der Waals surface area contributed by atoms with Crippen molar-refractivity contribution in [2.75, 3.05) is 0 Å². The molecule has 0 aliphatic heterocycles. The summed E-state index contributed by atoms with van der Waals surface area (Å²) in [5, 5.41) is 11.9. The molecule has 1 nitrogen and oxygen atoms in total. The van der Waals surface area contributed by atoms with Gasteiger partial charge >= 0.3 is 0 Å². The number of benzene rings is 2. The molecule has 100 valence electrons. The van der Waals surface area contributed by atoms with E-state index in [1.807, 2.05) is 12.1 Å². The highest BCUT2D eigenvalue weighted by molar-refractivity contribution is 9.10. The normalized spacial score (nSPS) is 12.5. The molecule has 1 atom stereocenters. The highest BCUT2D eigenvalue weighted by Crippen LogP contribution is 2.29. The maximum Gasteiger partial charge on any atom is 0.0831 e. The van der Waals surface area contributed by atoms with Crippen molar-refractivity contribution < 1.29 is 5.11 Å². The number of hydrogen-bond donors (Lipinski definition) is 1. The lowest BCUT2D eigenvalue weighted by atomic mass is 10.0. The van der Waals surface area contributed by atoms with E-state index in [0.717, 1.165) is 15.6 Å². The third kappa shape index (κ3) is 4.11.